The molecular formula is C25H22FN5O2S. The summed E-state index contributed by atoms with van der Waals surface area (Å²) in [5.41, 5.74) is 3.05. The van der Waals surface area contributed by atoms with E-state index in [9.17, 15) is 14.0 Å². The molecule has 0 aliphatic heterocycles. The second kappa shape index (κ2) is 9.56. The van der Waals surface area contributed by atoms with Crippen LogP contribution in [0.4, 0.5) is 14.9 Å². The average Bonchev–Trinajstić information content (AvgIpc) is 3.27. The van der Waals surface area contributed by atoms with Crippen LogP contribution < -0.4 is 16.3 Å². The Labute approximate surface area is 199 Å². The van der Waals surface area contributed by atoms with Gasteiger partial charge in [0.25, 0.3) is 0 Å². The maximum atomic E-state index is 13.3. The molecule has 2 heterocycles. The van der Waals surface area contributed by atoms with Gasteiger partial charge >= 0.3 is 11.7 Å². The Bertz CT molecular complexity index is 1380. The number of carbonyl (C=O) groups is 1. The highest BCUT2D eigenvalue weighted by Gasteiger charge is 2.26. The summed E-state index contributed by atoms with van der Waals surface area (Å²) >= 11 is 1.54. The molecule has 0 saturated carbocycles. The minimum Gasteiger partial charge on any atom is -0.330 e. The van der Waals surface area contributed by atoms with Crippen molar-refractivity contribution in [1.29, 1.82) is 0 Å². The molecule has 172 valence electrons. The Morgan fingerprint density at radius 1 is 1.18 bits per heavy atom. The van der Waals surface area contributed by atoms with Crippen LogP contribution in [-0.4, -0.2) is 20.6 Å². The summed E-state index contributed by atoms with van der Waals surface area (Å²) in [5, 5.41) is 6.80. The number of halogens is 1. The third-order valence-electron chi connectivity index (χ3n) is 5.67. The zero-order chi connectivity index (χ0) is 23.5. The van der Waals surface area contributed by atoms with Gasteiger partial charge in [0.1, 0.15) is 10.8 Å². The molecule has 34 heavy (non-hydrogen) atoms. The molecule has 1 aliphatic rings. The van der Waals surface area contributed by atoms with E-state index in [2.05, 4.69) is 15.6 Å². The first kappa shape index (κ1) is 22.0. The van der Waals surface area contributed by atoms with Crippen molar-refractivity contribution in [2.75, 3.05) is 5.32 Å². The molecule has 2 aromatic carbocycles. The van der Waals surface area contributed by atoms with E-state index < -0.39 is 0 Å². The first-order valence-electron chi connectivity index (χ1n) is 11.0. The molecule has 5 rings (SSSR count). The summed E-state index contributed by atoms with van der Waals surface area (Å²) in [4.78, 5) is 34.2. The van der Waals surface area contributed by atoms with Crippen LogP contribution in [0.25, 0.3) is 10.6 Å². The molecule has 2 aromatic heterocycles. The van der Waals surface area contributed by atoms with E-state index in [1.165, 1.54) is 22.9 Å². The smallest absolute Gasteiger partial charge is 0.330 e. The molecule has 0 fully saturated rings. The molecule has 1 unspecified atom stereocenters. The van der Waals surface area contributed by atoms with E-state index >= 15 is 0 Å². The third kappa shape index (κ3) is 4.89. The first-order valence-corrected chi connectivity index (χ1v) is 11.8. The van der Waals surface area contributed by atoms with Gasteiger partial charge in [-0.05, 0) is 67.3 Å². The summed E-state index contributed by atoms with van der Waals surface area (Å²) < 4.78 is 14.8. The van der Waals surface area contributed by atoms with Crippen LogP contribution in [0.15, 0.2) is 71.8 Å². The maximum Gasteiger partial charge on any atom is 0.347 e. The standard InChI is InChI=1S/C25H22FN5O2S/c26-18-10-8-17(9-11-18)23-29-20-6-2-7-21(22(20)34-23)30-24(32)28-19-5-1-4-16(14-19)15-31-13-3-12-27-25(31)33/h1,3-5,8-14,21H,2,6-7,15H2,(H2,28,30,32). The van der Waals surface area contributed by atoms with Gasteiger partial charge in [0.2, 0.25) is 0 Å². The van der Waals surface area contributed by atoms with Gasteiger partial charge < -0.3 is 10.6 Å². The Morgan fingerprint density at radius 3 is 2.85 bits per heavy atom. The Balaban J connectivity index is 1.27. The van der Waals surface area contributed by atoms with Gasteiger partial charge in [-0.2, -0.15) is 0 Å². The summed E-state index contributed by atoms with van der Waals surface area (Å²) in [5.74, 6) is -0.280. The van der Waals surface area contributed by atoms with Crippen molar-refractivity contribution in [3.05, 3.63) is 99.4 Å². The lowest BCUT2D eigenvalue weighted by molar-refractivity contribution is 0.247. The fourth-order valence-electron chi connectivity index (χ4n) is 4.05. The van der Waals surface area contributed by atoms with Crippen LogP contribution in [-0.2, 0) is 13.0 Å². The molecule has 2 amide bonds. The molecule has 2 N–H and O–H groups in total. The number of hydrogen-bond acceptors (Lipinski definition) is 5. The highest BCUT2D eigenvalue weighted by atomic mass is 32.1. The molecule has 9 heteroatoms. The highest BCUT2D eigenvalue weighted by Crippen LogP contribution is 2.38. The number of fused-ring (bicyclic) bond motifs is 1. The molecule has 4 aromatic rings. The van der Waals surface area contributed by atoms with Crippen molar-refractivity contribution in [2.45, 2.75) is 31.8 Å². The minimum absolute atomic E-state index is 0.132. The van der Waals surface area contributed by atoms with Crippen LogP contribution >= 0.6 is 11.3 Å². The van der Waals surface area contributed by atoms with E-state index in [4.69, 9.17) is 4.98 Å². The van der Waals surface area contributed by atoms with Gasteiger partial charge in [-0.3, -0.25) is 4.57 Å². The summed E-state index contributed by atoms with van der Waals surface area (Å²) in [6.45, 7) is 0.364. The SMILES string of the molecule is O=C(Nc1cccc(Cn2cccnc2=O)c1)NC1CCCc2nc(-c3ccc(F)cc3)sc21. The predicted molar refractivity (Wildman–Crippen MR) is 129 cm³/mol. The molecule has 0 saturated heterocycles. The highest BCUT2D eigenvalue weighted by molar-refractivity contribution is 7.15. The van der Waals surface area contributed by atoms with Crippen LogP contribution in [0.3, 0.4) is 0 Å². The molecule has 1 atom stereocenters. The van der Waals surface area contributed by atoms with Crippen molar-refractivity contribution in [2.24, 2.45) is 0 Å². The fourth-order valence-corrected chi connectivity index (χ4v) is 5.25. The van der Waals surface area contributed by atoms with Crippen molar-refractivity contribution in [3.63, 3.8) is 0 Å². The molecule has 0 bridgehead atoms. The normalized spacial score (nSPS) is 14.9. The quantitative estimate of drug-likeness (QED) is 0.436. The summed E-state index contributed by atoms with van der Waals surface area (Å²) in [6.07, 6.45) is 5.76. The van der Waals surface area contributed by atoms with Gasteiger partial charge in [0, 0.05) is 23.6 Å². The molecular weight excluding hydrogens is 453 g/mol. The van der Waals surface area contributed by atoms with E-state index in [0.29, 0.717) is 12.2 Å². The number of nitrogens with one attached hydrogen (secondary N) is 2. The Hall–Kier alpha value is -3.85. The lowest BCUT2D eigenvalue weighted by atomic mass is 9.98. The van der Waals surface area contributed by atoms with Crippen LogP contribution in [0.1, 0.15) is 35.0 Å². The number of thiazole rings is 1. The van der Waals surface area contributed by atoms with Gasteiger partial charge in [0.05, 0.1) is 23.2 Å². The van der Waals surface area contributed by atoms with Gasteiger partial charge in [0.15, 0.2) is 0 Å². The molecule has 7 nitrogen and oxygen atoms in total. The van der Waals surface area contributed by atoms with E-state index in [1.54, 1.807) is 41.8 Å². The monoisotopic (exact) mass is 475 g/mol. The van der Waals surface area contributed by atoms with Crippen LogP contribution in [0.5, 0.6) is 0 Å². The predicted octanol–water partition coefficient (Wildman–Crippen LogP) is 4.75. The first-order chi connectivity index (χ1) is 16.5. The van der Waals surface area contributed by atoms with Crippen LogP contribution in [0, 0.1) is 5.82 Å². The Kier molecular flexibility index (Phi) is 6.18. The molecule has 1 aliphatic carbocycles. The van der Waals surface area contributed by atoms with Gasteiger partial charge in [-0.1, -0.05) is 12.1 Å². The third-order valence-corrected chi connectivity index (χ3v) is 6.93. The van der Waals surface area contributed by atoms with E-state index in [-0.39, 0.29) is 23.6 Å². The zero-order valence-corrected chi connectivity index (χ0v) is 19.0. The molecule has 0 radical (unpaired) electrons. The number of aromatic nitrogens is 3. The lowest BCUT2D eigenvalue weighted by Crippen LogP contribution is -2.33. The largest absolute Gasteiger partial charge is 0.347 e. The fraction of sp³-hybridized carbons (Fsp3) is 0.200. The number of hydrogen-bond donors (Lipinski definition) is 2. The minimum atomic E-state index is -0.323. The number of rotatable bonds is 5. The number of amides is 2. The number of benzene rings is 2. The zero-order valence-electron chi connectivity index (χ0n) is 18.2. The average molecular weight is 476 g/mol. The van der Waals surface area contributed by atoms with Crippen LogP contribution in [0.2, 0.25) is 0 Å². The maximum absolute atomic E-state index is 13.3. The van der Waals surface area contributed by atoms with E-state index in [1.807, 2.05) is 18.2 Å². The van der Waals surface area contributed by atoms with Crippen molar-refractivity contribution in [1.82, 2.24) is 19.9 Å². The summed E-state index contributed by atoms with van der Waals surface area (Å²) in [7, 11) is 0. The van der Waals surface area contributed by atoms with Crippen molar-refractivity contribution >= 4 is 23.1 Å². The van der Waals surface area contributed by atoms with Crippen molar-refractivity contribution < 1.29 is 9.18 Å². The number of urea groups is 1. The second-order valence-electron chi connectivity index (χ2n) is 8.11. The number of anilines is 1. The van der Waals surface area contributed by atoms with E-state index in [0.717, 1.165) is 46.0 Å². The van der Waals surface area contributed by atoms with Gasteiger partial charge in [-0.25, -0.2) is 23.9 Å². The second-order valence-corrected chi connectivity index (χ2v) is 9.14. The van der Waals surface area contributed by atoms with Crippen molar-refractivity contribution in [3.8, 4) is 10.6 Å². The van der Waals surface area contributed by atoms with Gasteiger partial charge in [-0.15, -0.1) is 11.3 Å². The molecule has 0 spiro atoms. The lowest BCUT2D eigenvalue weighted by Gasteiger charge is -2.22. The Morgan fingerprint density at radius 2 is 2.03 bits per heavy atom. The number of nitrogens with zero attached hydrogens (tertiary/aromatic N) is 3. The number of aryl methyl sites for hydroxylation is 1. The topological polar surface area (TPSA) is 88.9 Å². The number of carbonyl (C=O) groups excluding carboxylic acids is 1. The summed E-state index contributed by atoms with van der Waals surface area (Å²) in [6, 6.07) is 14.9.